The first-order valence-electron chi connectivity index (χ1n) is 4.87. The van der Waals surface area contributed by atoms with Gasteiger partial charge >= 0.3 is 5.97 Å². The average Bonchev–Trinajstić information content (AvgIpc) is 2.15. The number of hydrogen-bond donors (Lipinski definition) is 1. The van der Waals surface area contributed by atoms with E-state index < -0.39 is 5.97 Å². The molecule has 0 amide bonds. The maximum atomic E-state index is 10.6. The Morgan fingerprint density at radius 2 is 2.21 bits per heavy atom. The predicted molar refractivity (Wildman–Crippen MR) is 56.0 cm³/mol. The van der Waals surface area contributed by atoms with Crippen LogP contribution in [0.3, 0.4) is 0 Å². The zero-order valence-electron chi connectivity index (χ0n) is 8.66. The zero-order chi connectivity index (χ0) is 10.8. The molecule has 0 aromatic carbocycles. The topological polar surface area (TPSA) is 46.5 Å². The molecule has 0 radical (unpaired) electrons. The quantitative estimate of drug-likeness (QED) is 0.282. The van der Waals surface area contributed by atoms with Crippen molar-refractivity contribution >= 4 is 5.97 Å². The number of allylic oxidation sites excluding steroid dienone is 1. The van der Waals surface area contributed by atoms with Gasteiger partial charge in [-0.15, -0.1) is 6.58 Å². The summed E-state index contributed by atoms with van der Waals surface area (Å²) < 4.78 is 5.12. The first-order chi connectivity index (χ1) is 6.72. The van der Waals surface area contributed by atoms with Gasteiger partial charge in [0.15, 0.2) is 0 Å². The van der Waals surface area contributed by atoms with E-state index in [1.165, 1.54) is 6.26 Å². The molecular weight excluding hydrogens is 180 g/mol. The fourth-order valence-electron chi connectivity index (χ4n) is 0.936. The van der Waals surface area contributed by atoms with Crippen LogP contribution in [0.5, 0.6) is 0 Å². The molecule has 0 aromatic heterocycles. The molecule has 0 atom stereocenters. The molecule has 0 aromatic rings. The largest absolute Gasteiger partial charge is 0.501 e. The van der Waals surface area contributed by atoms with Crippen LogP contribution in [0.4, 0.5) is 0 Å². The second-order valence-electron chi connectivity index (χ2n) is 3.02. The van der Waals surface area contributed by atoms with Gasteiger partial charge in [0.25, 0.3) is 0 Å². The summed E-state index contributed by atoms with van der Waals surface area (Å²) in [4.78, 5) is 10.6. The summed E-state index contributed by atoms with van der Waals surface area (Å²) in [5.41, 5.74) is 0.247. The maximum absolute atomic E-state index is 10.6. The monoisotopic (exact) mass is 198 g/mol. The molecule has 3 nitrogen and oxygen atoms in total. The minimum absolute atomic E-state index is 0.247. The minimum Gasteiger partial charge on any atom is -0.501 e. The summed E-state index contributed by atoms with van der Waals surface area (Å²) in [5.74, 6) is -0.944. The lowest BCUT2D eigenvalue weighted by Crippen LogP contribution is -2.01. The van der Waals surface area contributed by atoms with Gasteiger partial charge in [-0.1, -0.05) is 25.8 Å². The average molecular weight is 198 g/mol. The lowest BCUT2D eigenvalue weighted by Gasteiger charge is -2.01. The van der Waals surface area contributed by atoms with Crippen LogP contribution < -0.4 is 0 Å². The van der Waals surface area contributed by atoms with Gasteiger partial charge in [0.05, 0.1) is 18.4 Å². The van der Waals surface area contributed by atoms with Gasteiger partial charge in [-0.05, 0) is 6.42 Å². The van der Waals surface area contributed by atoms with Crippen molar-refractivity contribution in [2.24, 2.45) is 0 Å². The lowest BCUT2D eigenvalue weighted by atomic mass is 10.2. The fourth-order valence-corrected chi connectivity index (χ4v) is 0.936. The molecule has 0 saturated heterocycles. The molecule has 1 N–H and O–H groups in total. The lowest BCUT2D eigenvalue weighted by molar-refractivity contribution is -0.132. The Balaban J connectivity index is 3.79. The van der Waals surface area contributed by atoms with Crippen LogP contribution in [0.2, 0.25) is 0 Å². The van der Waals surface area contributed by atoms with Gasteiger partial charge in [-0.3, -0.25) is 0 Å². The Morgan fingerprint density at radius 3 is 2.71 bits per heavy atom. The zero-order valence-corrected chi connectivity index (χ0v) is 8.66. The molecule has 3 heteroatoms. The normalized spacial score (nSPS) is 11.1. The molecule has 14 heavy (non-hydrogen) atoms. The van der Waals surface area contributed by atoms with Gasteiger partial charge in [0.2, 0.25) is 0 Å². The predicted octanol–water partition coefficient (Wildman–Crippen LogP) is 2.74. The van der Waals surface area contributed by atoms with Gasteiger partial charge < -0.3 is 9.84 Å². The van der Waals surface area contributed by atoms with Crippen LogP contribution >= 0.6 is 0 Å². The number of carboxylic acid groups (broad SMARTS) is 1. The summed E-state index contributed by atoms with van der Waals surface area (Å²) in [7, 11) is 0. The van der Waals surface area contributed by atoms with Crippen LogP contribution in [0.1, 0.15) is 32.6 Å². The second-order valence-corrected chi connectivity index (χ2v) is 3.02. The first kappa shape index (κ1) is 12.8. The molecule has 0 saturated carbocycles. The Labute approximate surface area is 85.1 Å². The molecule has 0 aliphatic carbocycles. The highest BCUT2D eigenvalue weighted by Gasteiger charge is 2.04. The van der Waals surface area contributed by atoms with Crippen LogP contribution in [0.15, 0.2) is 24.5 Å². The minimum atomic E-state index is -0.944. The van der Waals surface area contributed by atoms with E-state index >= 15 is 0 Å². The standard InChI is InChI=1S/C11H18O3/c1-3-5-6-8-14-9-10(7-4-2)11(12)13/h4,9H,2-3,5-8H2,1H3,(H,12,13). The number of rotatable bonds is 8. The van der Waals surface area contributed by atoms with Crippen LogP contribution in [0.25, 0.3) is 0 Å². The van der Waals surface area contributed by atoms with E-state index in [0.717, 1.165) is 19.3 Å². The van der Waals surface area contributed by atoms with E-state index in [-0.39, 0.29) is 5.57 Å². The third kappa shape index (κ3) is 6.29. The Kier molecular flexibility index (Phi) is 7.61. The van der Waals surface area contributed by atoms with Crippen molar-refractivity contribution in [3.63, 3.8) is 0 Å². The van der Waals surface area contributed by atoms with Gasteiger partial charge in [0, 0.05) is 6.42 Å². The van der Waals surface area contributed by atoms with Crippen molar-refractivity contribution < 1.29 is 14.6 Å². The fraction of sp³-hybridized carbons (Fsp3) is 0.545. The third-order valence-electron chi connectivity index (χ3n) is 1.73. The van der Waals surface area contributed by atoms with Gasteiger partial charge in [0.1, 0.15) is 0 Å². The molecule has 0 unspecified atom stereocenters. The number of ether oxygens (including phenoxy) is 1. The third-order valence-corrected chi connectivity index (χ3v) is 1.73. The van der Waals surface area contributed by atoms with Gasteiger partial charge in [-0.2, -0.15) is 0 Å². The number of hydrogen-bond acceptors (Lipinski definition) is 2. The van der Waals surface area contributed by atoms with Crippen molar-refractivity contribution in [1.29, 1.82) is 0 Å². The van der Waals surface area contributed by atoms with E-state index in [4.69, 9.17) is 9.84 Å². The highest BCUT2D eigenvalue weighted by Crippen LogP contribution is 2.03. The van der Waals surface area contributed by atoms with Crippen LogP contribution in [0, 0.1) is 0 Å². The van der Waals surface area contributed by atoms with Crippen molar-refractivity contribution in [1.82, 2.24) is 0 Å². The molecule has 80 valence electrons. The molecule has 0 fully saturated rings. The highest BCUT2D eigenvalue weighted by molar-refractivity contribution is 5.86. The summed E-state index contributed by atoms with van der Waals surface area (Å²) in [6.07, 6.45) is 6.41. The first-order valence-corrected chi connectivity index (χ1v) is 4.87. The van der Waals surface area contributed by atoms with E-state index in [9.17, 15) is 4.79 Å². The van der Waals surface area contributed by atoms with Crippen molar-refractivity contribution in [3.8, 4) is 0 Å². The molecule has 0 bridgehead atoms. The highest BCUT2D eigenvalue weighted by atomic mass is 16.5. The second kappa shape index (κ2) is 8.35. The number of carboxylic acids is 1. The molecule has 0 aliphatic rings. The Bertz CT molecular complexity index is 207. The van der Waals surface area contributed by atoms with E-state index in [0.29, 0.717) is 13.0 Å². The molecule has 0 heterocycles. The number of aliphatic carboxylic acids is 1. The van der Waals surface area contributed by atoms with E-state index in [1.807, 2.05) is 0 Å². The van der Waals surface area contributed by atoms with E-state index in [1.54, 1.807) is 6.08 Å². The van der Waals surface area contributed by atoms with Crippen LogP contribution in [-0.4, -0.2) is 17.7 Å². The summed E-state index contributed by atoms with van der Waals surface area (Å²) in [6.45, 7) is 6.17. The van der Waals surface area contributed by atoms with Crippen molar-refractivity contribution in [3.05, 3.63) is 24.5 Å². The van der Waals surface area contributed by atoms with Gasteiger partial charge in [-0.25, -0.2) is 4.79 Å². The number of carbonyl (C=O) groups is 1. The number of unbranched alkanes of at least 4 members (excludes halogenated alkanes) is 2. The summed E-state index contributed by atoms with van der Waals surface area (Å²) in [6, 6.07) is 0. The van der Waals surface area contributed by atoms with Crippen LogP contribution in [-0.2, 0) is 9.53 Å². The Morgan fingerprint density at radius 1 is 1.50 bits per heavy atom. The smallest absolute Gasteiger partial charge is 0.335 e. The molecule has 0 spiro atoms. The summed E-state index contributed by atoms with van der Waals surface area (Å²) in [5, 5.41) is 8.71. The molecule has 0 aliphatic heterocycles. The SMILES string of the molecule is C=CCC(=COCCCCC)C(=O)O. The molecular formula is C11H18O3. The molecule has 0 rings (SSSR count). The van der Waals surface area contributed by atoms with E-state index in [2.05, 4.69) is 13.5 Å². The van der Waals surface area contributed by atoms with Crippen molar-refractivity contribution in [2.45, 2.75) is 32.6 Å². The van der Waals surface area contributed by atoms with Crippen molar-refractivity contribution in [2.75, 3.05) is 6.61 Å². The summed E-state index contributed by atoms with van der Waals surface area (Å²) >= 11 is 0. The maximum Gasteiger partial charge on any atom is 0.335 e. The Hall–Kier alpha value is -1.25.